The number of aliphatic hydroxyl groups is 1. The fourth-order valence-electron chi connectivity index (χ4n) is 1.49. The summed E-state index contributed by atoms with van der Waals surface area (Å²) >= 11 is 1.55. The van der Waals surface area contributed by atoms with E-state index in [1.807, 2.05) is 13.0 Å². The molecular formula is C13H19NO3S. The van der Waals surface area contributed by atoms with Gasteiger partial charge in [-0.15, -0.1) is 11.8 Å². The first-order chi connectivity index (χ1) is 8.60. The second kappa shape index (κ2) is 7.28. The molecule has 0 amide bonds. The van der Waals surface area contributed by atoms with Gasteiger partial charge >= 0.3 is 5.97 Å². The van der Waals surface area contributed by atoms with Crippen LogP contribution in [0.25, 0.3) is 0 Å². The molecule has 4 nitrogen and oxygen atoms in total. The second-order valence-electron chi connectivity index (χ2n) is 3.88. The molecule has 0 bridgehead atoms. The van der Waals surface area contributed by atoms with Crippen LogP contribution in [0, 0.1) is 0 Å². The van der Waals surface area contributed by atoms with Gasteiger partial charge in [-0.3, -0.25) is 0 Å². The summed E-state index contributed by atoms with van der Waals surface area (Å²) in [5.74, 6) is -0.396. The molecule has 0 aliphatic carbocycles. The van der Waals surface area contributed by atoms with E-state index in [4.69, 9.17) is 15.6 Å². The van der Waals surface area contributed by atoms with Crippen LogP contribution in [0.2, 0.25) is 0 Å². The van der Waals surface area contributed by atoms with E-state index >= 15 is 0 Å². The number of rotatable bonds is 6. The molecule has 100 valence electrons. The van der Waals surface area contributed by atoms with Crippen LogP contribution in [0.3, 0.4) is 0 Å². The third-order valence-electron chi connectivity index (χ3n) is 2.43. The number of aliphatic hydroxyl groups excluding tert-OH is 1. The first kappa shape index (κ1) is 14.9. The molecule has 0 spiro atoms. The topological polar surface area (TPSA) is 72.5 Å². The van der Waals surface area contributed by atoms with Crippen molar-refractivity contribution in [2.75, 3.05) is 18.9 Å². The molecule has 0 aliphatic rings. The van der Waals surface area contributed by atoms with Crippen LogP contribution in [0.15, 0.2) is 23.1 Å². The van der Waals surface area contributed by atoms with Crippen LogP contribution in [-0.2, 0) is 4.74 Å². The summed E-state index contributed by atoms with van der Waals surface area (Å²) in [6.07, 6.45) is 0.688. The van der Waals surface area contributed by atoms with Crippen LogP contribution in [-0.4, -0.2) is 29.5 Å². The van der Waals surface area contributed by atoms with Crippen molar-refractivity contribution in [2.45, 2.75) is 30.4 Å². The van der Waals surface area contributed by atoms with Crippen molar-refractivity contribution in [3.63, 3.8) is 0 Å². The minimum absolute atomic E-state index is 0.144. The van der Waals surface area contributed by atoms with Gasteiger partial charge in [0.05, 0.1) is 17.9 Å². The molecule has 0 fully saturated rings. The zero-order valence-corrected chi connectivity index (χ0v) is 11.5. The highest BCUT2D eigenvalue weighted by molar-refractivity contribution is 8.00. The Labute approximate surface area is 112 Å². The largest absolute Gasteiger partial charge is 0.462 e. The Morgan fingerprint density at radius 1 is 1.56 bits per heavy atom. The van der Waals surface area contributed by atoms with Gasteiger partial charge in [-0.05, 0) is 25.5 Å². The molecule has 0 aromatic heterocycles. The molecule has 18 heavy (non-hydrogen) atoms. The smallest absolute Gasteiger partial charge is 0.340 e. The predicted octanol–water partition coefficient (Wildman–Crippen LogP) is 2.31. The zero-order chi connectivity index (χ0) is 13.5. The lowest BCUT2D eigenvalue weighted by atomic mass is 10.2. The molecule has 1 aromatic carbocycles. The number of carbonyl (C=O) groups is 1. The second-order valence-corrected chi connectivity index (χ2v) is 5.36. The lowest BCUT2D eigenvalue weighted by molar-refractivity contribution is 0.0527. The van der Waals surface area contributed by atoms with E-state index in [0.717, 1.165) is 4.90 Å². The van der Waals surface area contributed by atoms with E-state index in [-0.39, 0.29) is 11.9 Å². The molecule has 1 atom stereocenters. The van der Waals surface area contributed by atoms with Crippen LogP contribution in [0.5, 0.6) is 0 Å². The number of ether oxygens (including phenoxy) is 1. The molecule has 0 radical (unpaired) electrons. The first-order valence-corrected chi connectivity index (χ1v) is 6.81. The first-order valence-electron chi connectivity index (χ1n) is 5.93. The minimum Gasteiger partial charge on any atom is -0.462 e. The molecule has 1 rings (SSSR count). The van der Waals surface area contributed by atoms with Gasteiger partial charge in [0.2, 0.25) is 0 Å². The molecule has 5 heteroatoms. The number of anilines is 1. The number of thioether (sulfide) groups is 1. The summed E-state index contributed by atoms with van der Waals surface area (Å²) in [7, 11) is 0. The Morgan fingerprint density at radius 2 is 2.28 bits per heavy atom. The number of carbonyl (C=O) groups excluding carboxylic acids is 1. The third kappa shape index (κ3) is 3.92. The van der Waals surface area contributed by atoms with E-state index < -0.39 is 5.97 Å². The highest BCUT2D eigenvalue weighted by atomic mass is 32.2. The number of benzene rings is 1. The average molecular weight is 269 g/mol. The summed E-state index contributed by atoms with van der Waals surface area (Å²) in [5, 5.41) is 9.12. The van der Waals surface area contributed by atoms with Gasteiger partial charge in [0, 0.05) is 16.8 Å². The molecule has 1 unspecified atom stereocenters. The molecule has 0 heterocycles. The highest BCUT2D eigenvalue weighted by Gasteiger charge is 2.15. The quantitative estimate of drug-likeness (QED) is 0.471. The maximum atomic E-state index is 11.7. The number of esters is 1. The standard InChI is InChI=1S/C13H19NO3S/c1-3-17-13(16)10-5-4-6-11(12(10)14)18-9(2)7-8-15/h4-6,9,15H,3,7-8,14H2,1-2H3. The van der Waals surface area contributed by atoms with Gasteiger partial charge in [0.15, 0.2) is 0 Å². The number of nitrogen functional groups attached to an aromatic ring is 1. The summed E-state index contributed by atoms with van der Waals surface area (Å²) < 4.78 is 4.95. The predicted molar refractivity (Wildman–Crippen MR) is 73.8 cm³/mol. The molecule has 0 saturated heterocycles. The number of hydrogen-bond acceptors (Lipinski definition) is 5. The average Bonchev–Trinajstić information content (AvgIpc) is 2.32. The normalized spacial score (nSPS) is 12.2. The molecule has 0 saturated carbocycles. The fourth-order valence-corrected chi connectivity index (χ4v) is 2.54. The van der Waals surface area contributed by atoms with E-state index in [1.54, 1.807) is 30.8 Å². The van der Waals surface area contributed by atoms with Crippen molar-refractivity contribution in [1.82, 2.24) is 0 Å². The molecular weight excluding hydrogens is 250 g/mol. The van der Waals surface area contributed by atoms with E-state index in [2.05, 4.69) is 0 Å². The van der Waals surface area contributed by atoms with Crippen molar-refractivity contribution in [2.24, 2.45) is 0 Å². The van der Waals surface area contributed by atoms with Gasteiger partial charge in [-0.1, -0.05) is 13.0 Å². The summed E-state index contributed by atoms with van der Waals surface area (Å²) in [6, 6.07) is 5.32. The SMILES string of the molecule is CCOC(=O)c1cccc(SC(C)CCO)c1N. The maximum absolute atomic E-state index is 11.7. The van der Waals surface area contributed by atoms with Gasteiger partial charge in [0.1, 0.15) is 0 Å². The summed E-state index contributed by atoms with van der Waals surface area (Å²) in [4.78, 5) is 12.5. The lowest BCUT2D eigenvalue weighted by Gasteiger charge is -2.13. The van der Waals surface area contributed by atoms with Crippen molar-refractivity contribution < 1.29 is 14.6 Å². The Bertz CT molecular complexity index is 409. The van der Waals surface area contributed by atoms with Crippen LogP contribution in [0.1, 0.15) is 30.6 Å². The lowest BCUT2D eigenvalue weighted by Crippen LogP contribution is -2.09. The minimum atomic E-state index is -0.396. The van der Waals surface area contributed by atoms with Crippen molar-refractivity contribution >= 4 is 23.4 Å². The number of hydrogen-bond donors (Lipinski definition) is 2. The Kier molecular flexibility index (Phi) is 6.01. The van der Waals surface area contributed by atoms with E-state index in [1.165, 1.54) is 0 Å². The summed E-state index contributed by atoms with van der Waals surface area (Å²) in [6.45, 7) is 4.25. The van der Waals surface area contributed by atoms with Crippen LogP contribution >= 0.6 is 11.8 Å². The van der Waals surface area contributed by atoms with Gasteiger partial charge < -0.3 is 15.6 Å². The molecule has 1 aromatic rings. The monoisotopic (exact) mass is 269 g/mol. The van der Waals surface area contributed by atoms with Crippen molar-refractivity contribution in [1.29, 1.82) is 0 Å². The Morgan fingerprint density at radius 3 is 2.89 bits per heavy atom. The third-order valence-corrected chi connectivity index (χ3v) is 3.67. The van der Waals surface area contributed by atoms with Crippen molar-refractivity contribution in [3.05, 3.63) is 23.8 Å². The Balaban J connectivity index is 2.88. The molecule has 3 N–H and O–H groups in total. The summed E-state index contributed by atoms with van der Waals surface area (Å²) in [5.41, 5.74) is 6.83. The van der Waals surface area contributed by atoms with Gasteiger partial charge in [0.25, 0.3) is 0 Å². The number of nitrogens with two attached hydrogens (primary N) is 1. The van der Waals surface area contributed by atoms with E-state index in [9.17, 15) is 4.79 Å². The van der Waals surface area contributed by atoms with Gasteiger partial charge in [-0.2, -0.15) is 0 Å². The fraction of sp³-hybridized carbons (Fsp3) is 0.462. The van der Waals surface area contributed by atoms with Crippen LogP contribution < -0.4 is 5.73 Å². The highest BCUT2D eigenvalue weighted by Crippen LogP contribution is 2.32. The van der Waals surface area contributed by atoms with Crippen LogP contribution in [0.4, 0.5) is 5.69 Å². The van der Waals surface area contributed by atoms with Gasteiger partial charge in [-0.25, -0.2) is 4.79 Å². The Hall–Kier alpha value is -1.20. The zero-order valence-electron chi connectivity index (χ0n) is 10.7. The maximum Gasteiger partial charge on any atom is 0.340 e. The molecule has 0 aliphatic heterocycles. The van der Waals surface area contributed by atoms with E-state index in [0.29, 0.717) is 24.3 Å². The number of para-hydroxylation sites is 1. The van der Waals surface area contributed by atoms with Crippen molar-refractivity contribution in [3.8, 4) is 0 Å².